The minimum absolute atomic E-state index is 0.124. The van der Waals surface area contributed by atoms with E-state index in [1.54, 1.807) is 0 Å². The molecule has 0 aliphatic carbocycles. The van der Waals surface area contributed by atoms with Crippen LogP contribution in [-0.2, 0) is 21.4 Å². The van der Waals surface area contributed by atoms with Crippen molar-refractivity contribution in [2.45, 2.75) is 11.4 Å². The van der Waals surface area contributed by atoms with Crippen LogP contribution in [0.3, 0.4) is 0 Å². The molecule has 1 N–H and O–H groups in total. The number of amides is 1. The molecule has 2 aromatic carbocycles. The van der Waals surface area contributed by atoms with Crippen LogP contribution in [0.2, 0.25) is 5.02 Å². The van der Waals surface area contributed by atoms with E-state index < -0.39 is 15.9 Å². The van der Waals surface area contributed by atoms with Crippen molar-refractivity contribution in [1.29, 1.82) is 0 Å². The second-order valence-corrected chi connectivity index (χ2v) is 7.91. The number of rotatable bonds is 7. The average molecular weight is 401 g/mol. The zero-order valence-electron chi connectivity index (χ0n) is 14.2. The lowest BCUT2D eigenvalue weighted by atomic mass is 10.2. The molecule has 0 aliphatic rings. The molecule has 6 nitrogen and oxygen atoms in total. The van der Waals surface area contributed by atoms with Crippen molar-refractivity contribution in [2.75, 3.05) is 20.7 Å². The molecule has 0 saturated carbocycles. The van der Waals surface area contributed by atoms with Crippen LogP contribution < -0.4 is 10.1 Å². The van der Waals surface area contributed by atoms with Crippen LogP contribution >= 0.6 is 11.6 Å². The number of benzene rings is 2. The molecule has 0 radical (unpaired) electrons. The molecule has 0 heterocycles. The fraction of sp³-hybridized carbons (Fsp3) is 0.235. The summed E-state index contributed by atoms with van der Waals surface area (Å²) >= 11 is 5.87. The van der Waals surface area contributed by atoms with Crippen molar-refractivity contribution in [3.8, 4) is 5.75 Å². The van der Waals surface area contributed by atoms with Gasteiger partial charge < -0.3 is 10.1 Å². The highest BCUT2D eigenvalue weighted by Gasteiger charge is 2.26. The van der Waals surface area contributed by atoms with Crippen LogP contribution in [0.1, 0.15) is 5.56 Å². The summed E-state index contributed by atoms with van der Waals surface area (Å²) in [5.74, 6) is -0.740. The third-order valence-corrected chi connectivity index (χ3v) is 5.64. The van der Waals surface area contributed by atoms with E-state index in [4.69, 9.17) is 16.3 Å². The largest absolute Gasteiger partial charge is 0.495 e. The molecule has 0 saturated heterocycles. The molecule has 0 fully saturated rings. The zero-order valence-corrected chi connectivity index (χ0v) is 15.8. The van der Waals surface area contributed by atoms with Crippen LogP contribution in [0.25, 0.3) is 0 Å². The Kier molecular flexibility index (Phi) is 6.57. The van der Waals surface area contributed by atoms with Crippen LogP contribution in [0.4, 0.5) is 4.39 Å². The molecule has 2 rings (SSSR count). The molecule has 0 aromatic heterocycles. The van der Waals surface area contributed by atoms with Crippen molar-refractivity contribution in [3.05, 3.63) is 58.9 Å². The highest BCUT2D eigenvalue weighted by Crippen LogP contribution is 2.28. The van der Waals surface area contributed by atoms with Gasteiger partial charge in [-0.3, -0.25) is 4.79 Å². The Hall–Kier alpha value is -2.16. The number of hydrogen-bond donors (Lipinski definition) is 1. The molecule has 26 heavy (non-hydrogen) atoms. The van der Waals surface area contributed by atoms with Crippen molar-refractivity contribution in [1.82, 2.24) is 9.62 Å². The van der Waals surface area contributed by atoms with E-state index in [9.17, 15) is 17.6 Å². The standard InChI is InChI=1S/C17H18ClFN2O4S/c1-21(11-17(22)20-10-12-3-6-14(19)7-4-12)26(23,24)16-9-13(18)5-8-15(16)25-2/h3-9H,10-11H2,1-2H3,(H,20,22). The minimum atomic E-state index is -3.97. The summed E-state index contributed by atoms with van der Waals surface area (Å²) in [7, 11) is -1.34. The van der Waals surface area contributed by atoms with Gasteiger partial charge in [0.1, 0.15) is 16.5 Å². The van der Waals surface area contributed by atoms with Crippen molar-refractivity contribution >= 4 is 27.5 Å². The van der Waals surface area contributed by atoms with Gasteiger partial charge in [-0.05, 0) is 35.9 Å². The summed E-state index contributed by atoms with van der Waals surface area (Å²) in [6.07, 6.45) is 0. The van der Waals surface area contributed by atoms with E-state index in [1.807, 2.05) is 0 Å². The van der Waals surface area contributed by atoms with Crippen LogP contribution in [0.5, 0.6) is 5.75 Å². The first-order chi connectivity index (χ1) is 12.2. The average Bonchev–Trinajstić information content (AvgIpc) is 2.61. The van der Waals surface area contributed by atoms with Gasteiger partial charge >= 0.3 is 0 Å². The number of methoxy groups -OCH3 is 1. The third kappa shape index (κ3) is 4.94. The Morgan fingerprint density at radius 3 is 2.50 bits per heavy atom. The summed E-state index contributed by atoms with van der Waals surface area (Å²) in [4.78, 5) is 11.9. The number of halogens is 2. The van der Waals surface area contributed by atoms with Gasteiger partial charge in [0.05, 0.1) is 13.7 Å². The zero-order chi connectivity index (χ0) is 19.3. The molecule has 2 aromatic rings. The smallest absolute Gasteiger partial charge is 0.247 e. The van der Waals surface area contributed by atoms with Gasteiger partial charge in [0.2, 0.25) is 15.9 Å². The van der Waals surface area contributed by atoms with E-state index in [0.29, 0.717) is 5.56 Å². The second kappa shape index (κ2) is 8.48. The number of carbonyl (C=O) groups is 1. The van der Waals surface area contributed by atoms with Gasteiger partial charge in [-0.15, -0.1) is 0 Å². The van der Waals surface area contributed by atoms with Gasteiger partial charge in [-0.25, -0.2) is 12.8 Å². The summed E-state index contributed by atoms with van der Waals surface area (Å²) in [6, 6.07) is 9.85. The van der Waals surface area contributed by atoms with E-state index >= 15 is 0 Å². The van der Waals surface area contributed by atoms with Gasteiger partial charge in [-0.2, -0.15) is 4.31 Å². The number of hydrogen-bond acceptors (Lipinski definition) is 4. The van der Waals surface area contributed by atoms with E-state index in [-0.39, 0.29) is 34.6 Å². The lowest BCUT2D eigenvalue weighted by molar-refractivity contribution is -0.121. The minimum Gasteiger partial charge on any atom is -0.495 e. The first-order valence-corrected chi connectivity index (χ1v) is 9.37. The molecule has 9 heteroatoms. The molecule has 0 atom stereocenters. The van der Waals surface area contributed by atoms with Crippen LogP contribution in [0.15, 0.2) is 47.4 Å². The van der Waals surface area contributed by atoms with Gasteiger partial charge in [0, 0.05) is 18.6 Å². The Morgan fingerprint density at radius 1 is 1.23 bits per heavy atom. The lowest BCUT2D eigenvalue weighted by Gasteiger charge is -2.18. The first kappa shape index (κ1) is 20.2. The molecule has 0 unspecified atom stereocenters. The quantitative estimate of drug-likeness (QED) is 0.774. The summed E-state index contributed by atoms with van der Waals surface area (Å²) in [5, 5.41) is 2.82. The lowest BCUT2D eigenvalue weighted by Crippen LogP contribution is -2.38. The number of nitrogens with zero attached hydrogens (tertiary/aromatic N) is 1. The second-order valence-electron chi connectivity index (χ2n) is 5.46. The van der Waals surface area contributed by atoms with Crippen LogP contribution in [-0.4, -0.2) is 39.3 Å². The van der Waals surface area contributed by atoms with E-state index in [0.717, 1.165) is 4.31 Å². The Morgan fingerprint density at radius 2 is 1.88 bits per heavy atom. The Labute approximate surface area is 156 Å². The first-order valence-electron chi connectivity index (χ1n) is 7.55. The number of likely N-dealkylation sites (N-methyl/N-ethyl adjacent to an activating group) is 1. The van der Waals surface area contributed by atoms with E-state index in [2.05, 4.69) is 5.32 Å². The van der Waals surface area contributed by atoms with E-state index in [1.165, 1.54) is 56.6 Å². The number of nitrogens with one attached hydrogen (secondary N) is 1. The van der Waals surface area contributed by atoms with Gasteiger partial charge in [0.25, 0.3) is 0 Å². The fourth-order valence-electron chi connectivity index (χ4n) is 2.17. The summed E-state index contributed by atoms with van der Waals surface area (Å²) in [6.45, 7) is -0.229. The monoisotopic (exact) mass is 400 g/mol. The molecule has 1 amide bonds. The number of ether oxygens (including phenoxy) is 1. The predicted octanol–water partition coefficient (Wildman–Crippen LogP) is 2.42. The molecular weight excluding hydrogens is 383 g/mol. The topological polar surface area (TPSA) is 75.7 Å². The molecule has 0 bridgehead atoms. The predicted molar refractivity (Wildman–Crippen MR) is 96.1 cm³/mol. The molecule has 0 aliphatic heterocycles. The maximum absolute atomic E-state index is 12.9. The molecule has 0 spiro atoms. The van der Waals surface area contributed by atoms with Crippen LogP contribution in [0, 0.1) is 5.82 Å². The summed E-state index contributed by atoms with van der Waals surface area (Å²) < 4.78 is 44.2. The maximum Gasteiger partial charge on any atom is 0.247 e. The van der Waals surface area contributed by atoms with Gasteiger partial charge in [-0.1, -0.05) is 23.7 Å². The highest BCUT2D eigenvalue weighted by molar-refractivity contribution is 7.89. The van der Waals surface area contributed by atoms with Crippen molar-refractivity contribution in [2.24, 2.45) is 0 Å². The number of carbonyl (C=O) groups excluding carboxylic acids is 1. The normalized spacial score (nSPS) is 11.4. The SMILES string of the molecule is COc1ccc(Cl)cc1S(=O)(=O)N(C)CC(=O)NCc1ccc(F)cc1. The van der Waals surface area contributed by atoms with Gasteiger partial charge in [0.15, 0.2) is 0 Å². The Bertz CT molecular complexity index is 888. The Balaban J connectivity index is 2.05. The highest BCUT2D eigenvalue weighted by atomic mass is 35.5. The van der Waals surface area contributed by atoms with Crippen molar-refractivity contribution < 1.29 is 22.3 Å². The van der Waals surface area contributed by atoms with Crippen molar-refractivity contribution in [3.63, 3.8) is 0 Å². The maximum atomic E-state index is 12.9. The summed E-state index contributed by atoms with van der Waals surface area (Å²) in [5.41, 5.74) is 0.696. The number of sulfonamides is 1. The molecule has 140 valence electrons. The molecular formula is C17H18ClFN2O4S. The third-order valence-electron chi connectivity index (χ3n) is 3.58. The fourth-order valence-corrected chi connectivity index (χ4v) is 3.71.